The van der Waals surface area contributed by atoms with Crippen molar-refractivity contribution in [3.8, 4) is 0 Å². The maximum Gasteiger partial charge on any atom is 0.0311 e. The molecule has 0 unspecified atom stereocenters. The zero-order valence-electron chi connectivity index (χ0n) is 9.76. The van der Waals surface area contributed by atoms with Crippen molar-refractivity contribution >= 4 is 45.7 Å². The molecular weight excluding hydrogens is 623 g/mol. The first-order chi connectivity index (χ1) is 8.06. The molecule has 100 valence electrons. The van der Waals surface area contributed by atoms with Crippen molar-refractivity contribution in [3.63, 3.8) is 0 Å². The summed E-state index contributed by atoms with van der Waals surface area (Å²) in [4.78, 5) is 0. The van der Waals surface area contributed by atoms with Gasteiger partial charge in [-0.05, 0) is 12.8 Å². The van der Waals surface area contributed by atoms with E-state index in [1.165, 1.54) is 23.1 Å². The average molecular weight is 640 g/mol. The third-order valence-corrected chi connectivity index (χ3v) is 5.66. The van der Waals surface area contributed by atoms with Crippen LogP contribution in [0.5, 0.6) is 0 Å². The molecule has 3 nitrogen and oxygen atoms in total. The van der Waals surface area contributed by atoms with Gasteiger partial charge in [-0.25, -0.2) is 0 Å². The van der Waals surface area contributed by atoms with Crippen LogP contribution in [0.2, 0.25) is 0 Å². The zero-order valence-corrected chi connectivity index (χ0v) is 16.3. The van der Waals surface area contributed by atoms with Crippen LogP contribution in [0.4, 0.5) is 0 Å². The molecule has 0 N–H and O–H groups in total. The van der Waals surface area contributed by atoms with Gasteiger partial charge in [-0.15, -0.1) is 0 Å². The standard InChI is InChI=1S/C7H10N2.C4H7I2N.Pt/c1-3-4-9-6-5-8(2)7-9;5-7(6)4-2-1-3-4;/h3,5-6H,1,4H2,2H3;4H,1-3H2;. The fourth-order valence-electron chi connectivity index (χ4n) is 1.35. The van der Waals surface area contributed by atoms with Gasteiger partial charge in [0.2, 0.25) is 0 Å². The van der Waals surface area contributed by atoms with Gasteiger partial charge < -0.3 is 0 Å². The molecule has 0 bridgehead atoms. The van der Waals surface area contributed by atoms with E-state index >= 15 is 0 Å². The summed E-state index contributed by atoms with van der Waals surface area (Å²) in [5, 5.41) is 0. The third-order valence-electron chi connectivity index (χ3n) is 2.64. The predicted molar refractivity (Wildman–Crippen MR) is 84.4 cm³/mol. The van der Waals surface area contributed by atoms with Gasteiger partial charge in [0.25, 0.3) is 0 Å². The van der Waals surface area contributed by atoms with Crippen LogP contribution in [0, 0.1) is 3.80 Å². The van der Waals surface area contributed by atoms with Crippen LogP contribution in [0.3, 0.4) is 0 Å². The Morgan fingerprint density at radius 3 is 2.41 bits per heavy atom. The van der Waals surface area contributed by atoms with Gasteiger partial charge in [0.05, 0.1) is 0 Å². The Morgan fingerprint density at radius 1 is 1.53 bits per heavy atom. The van der Waals surface area contributed by atoms with Crippen LogP contribution >= 0.6 is 45.7 Å². The molecule has 0 amide bonds. The minimum Gasteiger partial charge on any atom is -0.185 e. The van der Waals surface area contributed by atoms with E-state index in [9.17, 15) is 0 Å². The van der Waals surface area contributed by atoms with Gasteiger partial charge in [0.15, 0.2) is 0 Å². The molecule has 0 saturated heterocycles. The van der Waals surface area contributed by atoms with E-state index in [1.54, 1.807) is 0 Å². The van der Waals surface area contributed by atoms with Crippen molar-refractivity contribution in [2.75, 3.05) is 0 Å². The van der Waals surface area contributed by atoms with Gasteiger partial charge in [0, 0.05) is 51.8 Å². The number of hydrogen-bond donors (Lipinski definition) is 0. The number of halogens is 2. The van der Waals surface area contributed by atoms with Crippen LogP contribution in [0.25, 0.3) is 0 Å². The Morgan fingerprint density at radius 2 is 2.18 bits per heavy atom. The molecule has 6 heteroatoms. The van der Waals surface area contributed by atoms with E-state index < -0.39 is 0 Å². The normalized spacial score (nSPS) is 15.2. The predicted octanol–water partition coefficient (Wildman–Crippen LogP) is 3.63. The molecule has 0 radical (unpaired) electrons. The number of hydrogen-bond acceptors (Lipinski definition) is 1. The molecule has 1 fully saturated rings. The first-order valence-electron chi connectivity index (χ1n) is 5.45. The van der Waals surface area contributed by atoms with Crippen molar-refractivity contribution in [3.05, 3.63) is 28.9 Å². The maximum absolute atomic E-state index is 3.67. The second-order valence-corrected chi connectivity index (χ2v) is 8.88. The quantitative estimate of drug-likeness (QED) is 0.280. The first-order valence-corrected chi connectivity index (χ1v) is 8.51. The molecule has 2 rings (SSSR count). The molecular formula is C11H17I2N3Pt. The number of aromatic nitrogens is 2. The van der Waals surface area contributed by atoms with Gasteiger partial charge in [-0.2, -0.15) is 1.33 Å². The second-order valence-electron chi connectivity index (χ2n) is 3.94. The van der Waals surface area contributed by atoms with Crippen molar-refractivity contribution in [1.82, 2.24) is 10.5 Å². The van der Waals surface area contributed by atoms with Gasteiger partial charge in [0.1, 0.15) is 0 Å². The third kappa shape index (κ3) is 5.28. The van der Waals surface area contributed by atoms with Crippen LogP contribution < -0.4 is 0 Å². The smallest absolute Gasteiger partial charge is 0.0311 e. The second kappa shape index (κ2) is 8.27. The number of aryl methyl sites for hydroxylation is 1. The molecule has 0 aliphatic heterocycles. The Kier molecular flexibility index (Phi) is 7.84. The zero-order chi connectivity index (χ0) is 12.8. The van der Waals surface area contributed by atoms with E-state index in [1.807, 2.05) is 25.5 Å². The average Bonchev–Trinajstić information content (AvgIpc) is 2.48. The summed E-state index contributed by atoms with van der Waals surface area (Å²) in [7, 11) is 2.03. The Hall–Kier alpha value is 1.06. The molecule has 1 aromatic rings. The molecule has 1 aromatic heterocycles. The molecule has 1 saturated carbocycles. The number of rotatable bonds is 3. The number of imidazole rings is 1. The summed E-state index contributed by atoms with van der Waals surface area (Å²) in [5.74, 6) is 0. The SMILES string of the molecule is C=CCn1ccn(C)[c]1=[Pt].IN(I)C1CCC1. The molecule has 17 heavy (non-hydrogen) atoms. The molecule has 0 aromatic carbocycles. The monoisotopic (exact) mass is 640 g/mol. The first kappa shape index (κ1) is 16.1. The van der Waals surface area contributed by atoms with Crippen molar-refractivity contribution in [2.24, 2.45) is 7.05 Å². The molecule has 1 aliphatic rings. The molecule has 1 aliphatic carbocycles. The minimum atomic E-state index is 0.889. The van der Waals surface area contributed by atoms with Crippen LogP contribution in [-0.4, -0.2) is 16.5 Å². The van der Waals surface area contributed by atoms with E-state index in [2.05, 4.69) is 82.1 Å². The van der Waals surface area contributed by atoms with Gasteiger partial charge in [-0.1, -0.05) is 6.42 Å². The minimum absolute atomic E-state index is 0.889. The van der Waals surface area contributed by atoms with Crippen LogP contribution in [0.1, 0.15) is 19.3 Å². The molecule has 1 heterocycles. The number of nitrogens with zero attached hydrogens (tertiary/aromatic N) is 3. The topological polar surface area (TPSA) is 13.1 Å². The Balaban J connectivity index is 0.000000181. The van der Waals surface area contributed by atoms with Crippen LogP contribution in [0.15, 0.2) is 25.0 Å². The largest absolute Gasteiger partial charge is 0.185 e. The summed E-state index contributed by atoms with van der Waals surface area (Å²) in [6.45, 7) is 4.56. The van der Waals surface area contributed by atoms with Crippen molar-refractivity contribution in [2.45, 2.75) is 31.8 Å². The van der Waals surface area contributed by atoms with E-state index in [0.29, 0.717) is 0 Å². The molecule has 0 spiro atoms. The number of allylic oxidation sites excluding steroid dienone is 1. The van der Waals surface area contributed by atoms with Crippen molar-refractivity contribution in [1.29, 1.82) is 0 Å². The summed E-state index contributed by atoms with van der Waals surface area (Å²) < 4.78 is 7.68. The summed E-state index contributed by atoms with van der Waals surface area (Å²) in [6.07, 6.45) is 10.2. The van der Waals surface area contributed by atoms with E-state index in [4.69, 9.17) is 0 Å². The summed E-state index contributed by atoms with van der Waals surface area (Å²) in [5.41, 5.74) is 0. The van der Waals surface area contributed by atoms with Gasteiger partial charge >= 0.3 is 70.9 Å². The van der Waals surface area contributed by atoms with E-state index in [0.717, 1.165) is 12.6 Å². The van der Waals surface area contributed by atoms with Crippen LogP contribution in [-0.2, 0) is 32.9 Å². The fourth-order valence-corrected chi connectivity index (χ4v) is 3.01. The summed E-state index contributed by atoms with van der Waals surface area (Å²) >= 11 is 6.97. The van der Waals surface area contributed by atoms with Crippen molar-refractivity contribution < 1.29 is 19.4 Å². The summed E-state index contributed by atoms with van der Waals surface area (Å²) in [6, 6.07) is 0.890. The van der Waals surface area contributed by atoms with Gasteiger partial charge in [-0.3, -0.25) is 0 Å². The maximum atomic E-state index is 3.67. The fraction of sp³-hybridized carbons (Fsp3) is 0.545. The Bertz CT molecular complexity index is 407. The van der Waals surface area contributed by atoms with E-state index in [-0.39, 0.29) is 0 Å². The Labute approximate surface area is 142 Å². The molecule has 0 atom stereocenters.